The third-order valence-electron chi connectivity index (χ3n) is 7.74. The van der Waals surface area contributed by atoms with Crippen LogP contribution in [-0.2, 0) is 0 Å². The maximum absolute atomic E-state index is 6.44. The molecule has 2 atom stereocenters. The number of hydrogen-bond acceptors (Lipinski definition) is 3. The second-order valence-electron chi connectivity index (χ2n) is 10.5. The van der Waals surface area contributed by atoms with Gasteiger partial charge in [0.15, 0.2) is 5.11 Å². The van der Waals surface area contributed by atoms with E-state index in [1.54, 1.807) is 0 Å². The Morgan fingerprint density at radius 3 is 2.34 bits per heavy atom. The summed E-state index contributed by atoms with van der Waals surface area (Å²) in [5, 5.41) is 4.95. The summed E-state index contributed by atoms with van der Waals surface area (Å²) in [4.78, 5) is 6.92. The highest BCUT2D eigenvalue weighted by atomic mass is 35.5. The largest absolute Gasteiger partial charge is 0.457 e. The molecule has 1 aliphatic rings. The summed E-state index contributed by atoms with van der Waals surface area (Å²) >= 11 is 12.4. The number of para-hydroxylation sites is 1. The van der Waals surface area contributed by atoms with Crippen LogP contribution >= 0.6 is 23.8 Å². The van der Waals surface area contributed by atoms with Gasteiger partial charge in [-0.1, -0.05) is 41.9 Å². The number of benzene rings is 3. The van der Waals surface area contributed by atoms with Crippen LogP contribution in [0.4, 0.5) is 5.69 Å². The third-order valence-corrected chi connectivity index (χ3v) is 8.29. The number of thiocarbonyl (C=S) groups is 1. The Morgan fingerprint density at radius 1 is 0.854 bits per heavy atom. The molecule has 2 aromatic heterocycles. The van der Waals surface area contributed by atoms with Gasteiger partial charge in [-0.2, -0.15) is 0 Å². The number of nitrogens with zero attached hydrogens (tertiary/aromatic N) is 3. The quantitative estimate of drug-likeness (QED) is 0.204. The molecule has 0 aliphatic carbocycles. The van der Waals surface area contributed by atoms with E-state index in [0.717, 1.165) is 51.1 Å². The van der Waals surface area contributed by atoms with E-state index in [2.05, 4.69) is 65.9 Å². The van der Waals surface area contributed by atoms with Crippen molar-refractivity contribution in [3.63, 3.8) is 0 Å². The lowest BCUT2D eigenvalue weighted by Gasteiger charge is -2.28. The Morgan fingerprint density at radius 2 is 1.61 bits per heavy atom. The topological polar surface area (TPSA) is 42.3 Å². The molecule has 1 aliphatic heterocycles. The average molecular weight is 579 g/mol. The smallest absolute Gasteiger partial charge is 0.174 e. The van der Waals surface area contributed by atoms with Gasteiger partial charge in [0.05, 0.1) is 17.8 Å². The fraction of sp³-hybridized carbons (Fsp3) is 0.176. The number of hydrogen-bond donors (Lipinski definition) is 1. The molecule has 206 valence electrons. The van der Waals surface area contributed by atoms with Gasteiger partial charge in [-0.25, -0.2) is 0 Å². The first-order valence-corrected chi connectivity index (χ1v) is 14.4. The SMILES string of the molecule is Cc1ccccc1Oc1ccc(N2C(=S)N[C@@H](c3ccccn3)[C@@H]2c2cc(C)n(-c3cc(Cl)ccc3C)c2C)cc1. The normalized spacial score (nSPS) is 16.6. The number of aryl methyl sites for hydroxylation is 3. The molecule has 6 rings (SSSR count). The average Bonchev–Trinajstić information content (AvgIpc) is 3.47. The van der Waals surface area contributed by atoms with Gasteiger partial charge >= 0.3 is 0 Å². The minimum atomic E-state index is -0.138. The van der Waals surface area contributed by atoms with Crippen LogP contribution in [0.3, 0.4) is 0 Å². The monoisotopic (exact) mass is 578 g/mol. The summed E-state index contributed by atoms with van der Waals surface area (Å²) in [5.41, 5.74) is 8.67. The fourth-order valence-corrected chi connectivity index (χ4v) is 6.22. The van der Waals surface area contributed by atoms with Crippen LogP contribution < -0.4 is 15.0 Å². The van der Waals surface area contributed by atoms with Gasteiger partial charge in [0.1, 0.15) is 11.5 Å². The molecule has 0 unspecified atom stereocenters. The number of pyridine rings is 1. The molecule has 3 heterocycles. The predicted molar refractivity (Wildman–Crippen MR) is 171 cm³/mol. The van der Waals surface area contributed by atoms with Gasteiger partial charge in [-0.05, 0) is 117 Å². The van der Waals surface area contributed by atoms with Crippen molar-refractivity contribution < 1.29 is 4.74 Å². The van der Waals surface area contributed by atoms with E-state index in [0.29, 0.717) is 10.1 Å². The standard InChI is InChI=1S/C34H31ClN4OS/c1-21-12-13-25(35)20-30(21)38-23(3)19-28(24(38)4)33-32(29-10-7-8-18-36-29)37-34(41)39(33)26-14-16-27(17-15-26)40-31-11-6-5-9-22(31)2/h5-20,32-33H,1-4H3,(H,37,41)/t32-,33-/m0/s1. The summed E-state index contributed by atoms with van der Waals surface area (Å²) in [6.07, 6.45) is 1.83. The van der Waals surface area contributed by atoms with Crippen molar-refractivity contribution in [3.8, 4) is 17.2 Å². The molecule has 1 fully saturated rings. The molecule has 0 saturated carbocycles. The maximum Gasteiger partial charge on any atom is 0.174 e. The number of halogens is 1. The predicted octanol–water partition coefficient (Wildman–Crippen LogP) is 8.73. The van der Waals surface area contributed by atoms with E-state index >= 15 is 0 Å². The Balaban J connectivity index is 1.43. The first-order chi connectivity index (χ1) is 19.8. The summed E-state index contributed by atoms with van der Waals surface area (Å²) < 4.78 is 8.45. The number of ether oxygens (including phenoxy) is 1. The van der Waals surface area contributed by atoms with Crippen LogP contribution in [0.1, 0.15) is 45.9 Å². The lowest BCUT2D eigenvalue weighted by atomic mass is 9.96. The Bertz CT molecular complexity index is 1730. The molecule has 41 heavy (non-hydrogen) atoms. The Hall–Kier alpha value is -4.13. The minimum absolute atomic E-state index is 0.125. The van der Waals surface area contributed by atoms with E-state index in [1.807, 2.05) is 73.8 Å². The van der Waals surface area contributed by atoms with Crippen molar-refractivity contribution >= 4 is 34.6 Å². The van der Waals surface area contributed by atoms with Crippen LogP contribution in [0.15, 0.2) is 97.2 Å². The summed E-state index contributed by atoms with van der Waals surface area (Å²) in [6, 6.07) is 30.2. The zero-order valence-electron chi connectivity index (χ0n) is 23.4. The lowest BCUT2D eigenvalue weighted by Crippen LogP contribution is -2.29. The highest BCUT2D eigenvalue weighted by molar-refractivity contribution is 7.80. The molecule has 1 N–H and O–H groups in total. The van der Waals surface area contributed by atoms with Gasteiger partial charge in [-0.15, -0.1) is 0 Å². The van der Waals surface area contributed by atoms with Crippen molar-refractivity contribution in [2.45, 2.75) is 39.8 Å². The summed E-state index contributed by atoms with van der Waals surface area (Å²) in [7, 11) is 0. The lowest BCUT2D eigenvalue weighted by molar-refractivity contribution is 0.479. The summed E-state index contributed by atoms with van der Waals surface area (Å²) in [6.45, 7) is 8.45. The molecule has 1 saturated heterocycles. The van der Waals surface area contributed by atoms with E-state index in [4.69, 9.17) is 33.5 Å². The van der Waals surface area contributed by atoms with Gasteiger partial charge in [0, 0.05) is 34.0 Å². The zero-order chi connectivity index (χ0) is 28.7. The second kappa shape index (κ2) is 11.0. The number of nitrogens with one attached hydrogen (secondary N) is 1. The number of rotatable bonds is 6. The van der Waals surface area contributed by atoms with Crippen molar-refractivity contribution in [2.24, 2.45) is 0 Å². The highest BCUT2D eigenvalue weighted by Crippen LogP contribution is 2.44. The van der Waals surface area contributed by atoms with Crippen LogP contribution in [0.2, 0.25) is 5.02 Å². The molecular weight excluding hydrogens is 548 g/mol. The summed E-state index contributed by atoms with van der Waals surface area (Å²) in [5.74, 6) is 1.61. The molecule has 7 heteroatoms. The third kappa shape index (κ3) is 5.09. The fourth-order valence-electron chi connectivity index (χ4n) is 5.70. The number of anilines is 1. The van der Waals surface area contributed by atoms with E-state index in [1.165, 1.54) is 5.56 Å². The van der Waals surface area contributed by atoms with Crippen molar-refractivity contribution in [1.82, 2.24) is 14.9 Å². The van der Waals surface area contributed by atoms with E-state index < -0.39 is 0 Å². The van der Waals surface area contributed by atoms with Gasteiger partial charge in [0.2, 0.25) is 0 Å². The van der Waals surface area contributed by atoms with Crippen LogP contribution in [-0.4, -0.2) is 14.7 Å². The molecular formula is C34H31ClN4OS. The number of aromatic nitrogens is 2. The molecule has 0 spiro atoms. The first kappa shape index (κ1) is 27.1. The maximum atomic E-state index is 6.44. The van der Waals surface area contributed by atoms with Crippen molar-refractivity contribution in [3.05, 3.63) is 136 Å². The van der Waals surface area contributed by atoms with E-state index in [9.17, 15) is 0 Å². The van der Waals surface area contributed by atoms with Crippen LogP contribution in [0, 0.1) is 27.7 Å². The van der Waals surface area contributed by atoms with Crippen molar-refractivity contribution in [1.29, 1.82) is 0 Å². The minimum Gasteiger partial charge on any atom is -0.457 e. The second-order valence-corrected chi connectivity index (χ2v) is 11.3. The van der Waals surface area contributed by atoms with Crippen LogP contribution in [0.25, 0.3) is 5.69 Å². The zero-order valence-corrected chi connectivity index (χ0v) is 25.0. The Labute approximate surface area is 251 Å². The van der Waals surface area contributed by atoms with Gasteiger partial charge < -0.3 is 19.5 Å². The highest BCUT2D eigenvalue weighted by Gasteiger charge is 2.42. The molecule has 5 aromatic rings. The van der Waals surface area contributed by atoms with Crippen LogP contribution in [0.5, 0.6) is 11.5 Å². The molecule has 3 aromatic carbocycles. The molecule has 0 amide bonds. The molecule has 0 radical (unpaired) electrons. The molecule has 5 nitrogen and oxygen atoms in total. The van der Waals surface area contributed by atoms with Crippen molar-refractivity contribution in [2.75, 3.05) is 4.90 Å². The van der Waals surface area contributed by atoms with E-state index in [-0.39, 0.29) is 12.1 Å². The first-order valence-electron chi connectivity index (χ1n) is 13.6. The van der Waals surface area contributed by atoms with Gasteiger partial charge in [-0.3, -0.25) is 4.98 Å². The molecule has 0 bridgehead atoms. The van der Waals surface area contributed by atoms with Gasteiger partial charge in [0.25, 0.3) is 0 Å². The Kier molecular flexibility index (Phi) is 7.28.